The van der Waals surface area contributed by atoms with Crippen molar-refractivity contribution >= 4 is 17.9 Å². The molecule has 0 saturated carbocycles. The van der Waals surface area contributed by atoms with E-state index < -0.39 is 35.8 Å². The zero-order valence-electron chi connectivity index (χ0n) is 23.4. The molecule has 0 aliphatic rings. The predicted molar refractivity (Wildman–Crippen MR) is 143 cm³/mol. The van der Waals surface area contributed by atoms with E-state index in [9.17, 15) is 29.0 Å². The second-order valence-electron chi connectivity index (χ2n) is 10.1. The van der Waals surface area contributed by atoms with Crippen molar-refractivity contribution in [1.82, 2.24) is 0 Å². The Morgan fingerprint density at radius 2 is 1.16 bits per heavy atom. The van der Waals surface area contributed by atoms with Crippen molar-refractivity contribution in [3.05, 3.63) is 0 Å². The van der Waals surface area contributed by atoms with Gasteiger partial charge in [0.1, 0.15) is 0 Å². The lowest BCUT2D eigenvalue weighted by Crippen LogP contribution is -2.52. The van der Waals surface area contributed by atoms with Gasteiger partial charge in [-0.05, 0) is 25.7 Å². The third-order valence-corrected chi connectivity index (χ3v) is 6.73. The number of aliphatic hydroxyl groups is 1. The van der Waals surface area contributed by atoms with Crippen LogP contribution in [0, 0.1) is 5.92 Å². The Kier molecular flexibility index (Phi) is 22.3. The van der Waals surface area contributed by atoms with E-state index in [2.05, 4.69) is 13.8 Å². The van der Waals surface area contributed by atoms with Crippen molar-refractivity contribution in [2.24, 2.45) is 5.92 Å². The van der Waals surface area contributed by atoms with Crippen LogP contribution in [-0.4, -0.2) is 53.6 Å². The Morgan fingerprint density at radius 1 is 0.703 bits per heavy atom. The fourth-order valence-electron chi connectivity index (χ4n) is 4.42. The molecule has 0 heterocycles. The molecule has 0 bridgehead atoms. The summed E-state index contributed by atoms with van der Waals surface area (Å²) >= 11 is 0. The fraction of sp³-hybridized carbons (Fsp3) is 0.897. The van der Waals surface area contributed by atoms with Gasteiger partial charge in [0.05, 0.1) is 32.2 Å². The predicted octanol–water partition coefficient (Wildman–Crippen LogP) is 6.93. The highest BCUT2D eigenvalue weighted by atomic mass is 19.1. The number of carbonyl (C=O) groups is 3. The summed E-state index contributed by atoms with van der Waals surface area (Å²) in [5.74, 6) is -4.57. The molecule has 0 amide bonds. The minimum absolute atomic E-state index is 0.0651. The lowest BCUT2D eigenvalue weighted by atomic mass is 9.80. The summed E-state index contributed by atoms with van der Waals surface area (Å²) in [5.41, 5.74) is -2.49. The molecule has 0 fully saturated rings. The molecular weight excluding hydrogens is 479 g/mol. The molecule has 0 spiro atoms. The van der Waals surface area contributed by atoms with E-state index in [0.29, 0.717) is 38.5 Å². The molecule has 0 aromatic rings. The number of alkyl halides is 1. The van der Waals surface area contributed by atoms with Crippen molar-refractivity contribution in [3.63, 3.8) is 0 Å². The third-order valence-electron chi connectivity index (χ3n) is 6.73. The molecule has 0 aromatic heterocycles. The third kappa shape index (κ3) is 17.4. The normalized spacial score (nSPS) is 13.6. The molecule has 0 aliphatic carbocycles. The van der Waals surface area contributed by atoms with Crippen LogP contribution in [-0.2, 0) is 23.9 Å². The second-order valence-corrected chi connectivity index (χ2v) is 10.1. The topological polar surface area (TPSA) is 110 Å². The van der Waals surface area contributed by atoms with E-state index >= 15 is 0 Å². The first kappa shape index (κ1) is 35.3. The first-order valence-corrected chi connectivity index (χ1v) is 14.7. The highest BCUT2D eigenvalue weighted by Crippen LogP contribution is 2.30. The van der Waals surface area contributed by atoms with Gasteiger partial charge in [0.15, 0.2) is 5.60 Å². The zero-order chi connectivity index (χ0) is 27.8. The van der Waals surface area contributed by atoms with Crippen molar-refractivity contribution < 1.29 is 38.5 Å². The maximum absolute atomic E-state index is 13.0. The van der Waals surface area contributed by atoms with Crippen LogP contribution in [0.25, 0.3) is 0 Å². The number of carboxylic acid groups (broad SMARTS) is 1. The average molecular weight is 533 g/mol. The van der Waals surface area contributed by atoms with E-state index in [4.69, 9.17) is 9.47 Å². The number of esters is 2. The largest absolute Gasteiger partial charge is 0.481 e. The summed E-state index contributed by atoms with van der Waals surface area (Å²) in [6, 6.07) is 0. The molecule has 218 valence electrons. The maximum Gasteiger partial charge on any atom is 0.339 e. The Bertz CT molecular complexity index is 599. The molecule has 0 rings (SSSR count). The van der Waals surface area contributed by atoms with Gasteiger partial charge in [-0.15, -0.1) is 0 Å². The van der Waals surface area contributed by atoms with E-state index in [-0.39, 0.29) is 26.3 Å². The van der Waals surface area contributed by atoms with Gasteiger partial charge >= 0.3 is 17.9 Å². The molecule has 2 atom stereocenters. The Hall–Kier alpha value is -1.70. The number of hydrogen-bond donors (Lipinski definition) is 2. The smallest absolute Gasteiger partial charge is 0.339 e. The van der Waals surface area contributed by atoms with Crippen LogP contribution in [0.5, 0.6) is 0 Å². The van der Waals surface area contributed by atoms with Gasteiger partial charge in [0.25, 0.3) is 0 Å². The van der Waals surface area contributed by atoms with Crippen LogP contribution in [0.3, 0.4) is 0 Å². The molecular formula is C29H53FO7. The van der Waals surface area contributed by atoms with Gasteiger partial charge in [0.2, 0.25) is 0 Å². The van der Waals surface area contributed by atoms with Crippen molar-refractivity contribution in [2.75, 3.05) is 19.9 Å². The quantitative estimate of drug-likeness (QED) is 0.0918. The molecule has 0 aromatic carbocycles. The lowest BCUT2D eigenvalue weighted by Gasteiger charge is -2.31. The molecule has 2 unspecified atom stereocenters. The van der Waals surface area contributed by atoms with Crippen LogP contribution in [0.2, 0.25) is 0 Å². The number of unbranched alkanes of at least 4 members (excludes halogenated alkanes) is 14. The highest BCUT2D eigenvalue weighted by molar-refractivity contribution is 5.91. The number of rotatable bonds is 26. The van der Waals surface area contributed by atoms with Gasteiger partial charge in [0, 0.05) is 0 Å². The monoisotopic (exact) mass is 532 g/mol. The Labute approximate surface area is 223 Å². The van der Waals surface area contributed by atoms with Crippen LogP contribution in [0.1, 0.15) is 136 Å². The fourth-order valence-corrected chi connectivity index (χ4v) is 4.42. The lowest BCUT2D eigenvalue weighted by molar-refractivity contribution is -0.186. The first-order chi connectivity index (χ1) is 17.8. The summed E-state index contributed by atoms with van der Waals surface area (Å²) < 4.78 is 23.0. The van der Waals surface area contributed by atoms with Crippen molar-refractivity contribution in [2.45, 2.75) is 141 Å². The molecule has 0 aliphatic heterocycles. The summed E-state index contributed by atoms with van der Waals surface area (Å²) in [7, 11) is 0. The number of aliphatic carboxylic acids is 1. The molecule has 8 heteroatoms. The SMILES string of the molecule is CCCCCCCCOC(=O)C(CCCCCCCF)C(O)(CC(=O)O)C(=O)OCCCCCCCC. The number of hydrogen-bond acceptors (Lipinski definition) is 6. The molecule has 0 radical (unpaired) electrons. The van der Waals surface area contributed by atoms with Crippen LogP contribution in [0.15, 0.2) is 0 Å². The number of carbonyl (C=O) groups excluding carboxylic acids is 2. The Balaban J connectivity index is 5.16. The van der Waals surface area contributed by atoms with E-state index in [1.807, 2.05) is 0 Å². The molecule has 37 heavy (non-hydrogen) atoms. The van der Waals surface area contributed by atoms with Crippen molar-refractivity contribution in [3.8, 4) is 0 Å². The van der Waals surface area contributed by atoms with Gasteiger partial charge < -0.3 is 19.7 Å². The molecule has 7 nitrogen and oxygen atoms in total. The van der Waals surface area contributed by atoms with E-state index in [1.54, 1.807) is 0 Å². The minimum Gasteiger partial charge on any atom is -0.481 e. The number of halogens is 1. The van der Waals surface area contributed by atoms with Crippen LogP contribution >= 0.6 is 0 Å². The van der Waals surface area contributed by atoms with Gasteiger partial charge in [-0.25, -0.2) is 4.79 Å². The highest BCUT2D eigenvalue weighted by Gasteiger charge is 2.51. The summed E-state index contributed by atoms with van der Waals surface area (Å²) in [6.07, 6.45) is 14.2. The van der Waals surface area contributed by atoms with E-state index in [1.165, 1.54) is 0 Å². The molecule has 0 saturated heterocycles. The van der Waals surface area contributed by atoms with Crippen LogP contribution in [0.4, 0.5) is 4.39 Å². The minimum atomic E-state index is -2.49. The first-order valence-electron chi connectivity index (χ1n) is 14.7. The van der Waals surface area contributed by atoms with Crippen molar-refractivity contribution in [1.29, 1.82) is 0 Å². The van der Waals surface area contributed by atoms with E-state index in [0.717, 1.165) is 70.6 Å². The van der Waals surface area contributed by atoms with Gasteiger partial charge in [-0.1, -0.05) is 104 Å². The summed E-state index contributed by atoms with van der Waals surface area (Å²) in [4.78, 5) is 37.6. The summed E-state index contributed by atoms with van der Waals surface area (Å²) in [6.45, 7) is 4.11. The van der Waals surface area contributed by atoms with Gasteiger partial charge in [-0.3, -0.25) is 14.0 Å². The summed E-state index contributed by atoms with van der Waals surface area (Å²) in [5, 5.41) is 20.7. The zero-order valence-corrected chi connectivity index (χ0v) is 23.4. The van der Waals surface area contributed by atoms with Crippen LogP contribution < -0.4 is 0 Å². The average Bonchev–Trinajstić information content (AvgIpc) is 2.86. The Morgan fingerprint density at radius 3 is 1.68 bits per heavy atom. The number of ether oxygens (including phenoxy) is 2. The standard InChI is InChI=1S/C29H53FO7/c1-3-5-7-9-14-18-22-36-27(33)25(20-16-12-11-13-17-21-30)29(35,24-26(31)32)28(34)37-23-19-15-10-8-6-4-2/h25,35H,3-24H2,1-2H3,(H,31,32). The molecule has 2 N–H and O–H groups in total. The maximum atomic E-state index is 13.0. The number of carboxylic acids is 1. The van der Waals surface area contributed by atoms with Gasteiger partial charge in [-0.2, -0.15) is 0 Å². The second kappa shape index (κ2) is 23.4.